The lowest BCUT2D eigenvalue weighted by atomic mass is 10.1. The summed E-state index contributed by atoms with van der Waals surface area (Å²) in [6.45, 7) is 0.659. The van der Waals surface area contributed by atoms with Crippen molar-refractivity contribution in [2.75, 3.05) is 6.54 Å². The molecule has 0 saturated carbocycles. The molecule has 0 aromatic carbocycles. The molecule has 1 aliphatic heterocycles. The van der Waals surface area contributed by atoms with Crippen molar-refractivity contribution in [1.29, 1.82) is 0 Å². The zero-order chi connectivity index (χ0) is 13.0. The Labute approximate surface area is 109 Å². The van der Waals surface area contributed by atoms with E-state index in [2.05, 4.69) is 20.8 Å². The van der Waals surface area contributed by atoms with E-state index in [1.54, 1.807) is 0 Å². The van der Waals surface area contributed by atoms with Crippen molar-refractivity contribution in [3.05, 3.63) is 23.0 Å². The van der Waals surface area contributed by atoms with E-state index in [1.165, 1.54) is 12.1 Å². The number of carbonyl (C=O) groups excluding carboxylic acids is 2. The number of carbonyl (C=O) groups is 2. The van der Waals surface area contributed by atoms with Gasteiger partial charge in [-0.3, -0.25) is 9.59 Å². The van der Waals surface area contributed by atoms with E-state index >= 15 is 0 Å². The van der Waals surface area contributed by atoms with Gasteiger partial charge < -0.3 is 10.6 Å². The Morgan fingerprint density at radius 2 is 2.22 bits per heavy atom. The maximum absolute atomic E-state index is 11.8. The lowest BCUT2D eigenvalue weighted by Crippen LogP contribution is -2.45. The van der Waals surface area contributed by atoms with Gasteiger partial charge in [0.2, 0.25) is 5.91 Å². The molecule has 2 N–H and O–H groups in total. The highest BCUT2D eigenvalue weighted by atomic mass is 35.5. The first kappa shape index (κ1) is 12.8. The summed E-state index contributed by atoms with van der Waals surface area (Å²) in [5.74, 6) is -0.566. The molecule has 0 aliphatic carbocycles. The molecule has 6 nitrogen and oxygen atoms in total. The van der Waals surface area contributed by atoms with Gasteiger partial charge in [-0.2, -0.15) is 0 Å². The number of aromatic nitrogens is 2. The summed E-state index contributed by atoms with van der Waals surface area (Å²) >= 11 is 5.58. The second-order valence-electron chi connectivity index (χ2n) is 4.05. The summed E-state index contributed by atoms with van der Waals surface area (Å²) in [6, 6.07) is 2.45. The van der Waals surface area contributed by atoms with Crippen LogP contribution >= 0.6 is 11.6 Å². The number of amides is 2. The van der Waals surface area contributed by atoms with Crippen LogP contribution in [0, 0.1) is 0 Å². The minimum atomic E-state index is -0.502. The molecule has 1 unspecified atom stereocenters. The Kier molecular flexibility index (Phi) is 4.09. The van der Waals surface area contributed by atoms with Crippen LogP contribution in [0.15, 0.2) is 12.1 Å². The fourth-order valence-electron chi connectivity index (χ4n) is 1.75. The molecule has 1 aromatic rings. The molecule has 1 saturated heterocycles. The number of nitrogens with zero attached hydrogens (tertiary/aromatic N) is 2. The second kappa shape index (κ2) is 5.77. The van der Waals surface area contributed by atoms with Gasteiger partial charge in [-0.15, -0.1) is 10.2 Å². The summed E-state index contributed by atoms with van der Waals surface area (Å²) in [5.41, 5.74) is 0.149. The lowest BCUT2D eigenvalue weighted by molar-refractivity contribution is -0.122. The minimum absolute atomic E-state index is 0.149. The third-order valence-corrected chi connectivity index (χ3v) is 2.91. The summed E-state index contributed by atoms with van der Waals surface area (Å²) in [6.07, 6.45) is 2.47. The fourth-order valence-corrected chi connectivity index (χ4v) is 1.85. The molecule has 96 valence electrons. The van der Waals surface area contributed by atoms with E-state index < -0.39 is 11.9 Å². The predicted octanol–water partition coefficient (Wildman–Crippen LogP) is 0.528. The molecule has 0 radical (unpaired) electrons. The molecule has 2 heterocycles. The highest BCUT2D eigenvalue weighted by Gasteiger charge is 2.23. The molecule has 1 aliphatic rings. The first-order valence-corrected chi connectivity index (χ1v) is 6.12. The molecule has 1 atom stereocenters. The lowest BCUT2D eigenvalue weighted by Gasteiger charge is -2.14. The van der Waals surface area contributed by atoms with Crippen LogP contribution in [0.5, 0.6) is 0 Å². The fraction of sp³-hybridized carbons (Fsp3) is 0.455. The minimum Gasteiger partial charge on any atom is -0.354 e. The van der Waals surface area contributed by atoms with Crippen LogP contribution < -0.4 is 10.6 Å². The van der Waals surface area contributed by atoms with Crippen molar-refractivity contribution in [3.63, 3.8) is 0 Å². The van der Waals surface area contributed by atoms with Crippen LogP contribution in [0.1, 0.15) is 29.8 Å². The third-order valence-electron chi connectivity index (χ3n) is 2.71. The van der Waals surface area contributed by atoms with Gasteiger partial charge in [0.25, 0.3) is 5.91 Å². The number of nitrogens with one attached hydrogen (secondary N) is 2. The van der Waals surface area contributed by atoms with Crippen LogP contribution in [-0.2, 0) is 4.79 Å². The van der Waals surface area contributed by atoms with Crippen LogP contribution in [-0.4, -0.2) is 34.6 Å². The standard InChI is InChI=1S/C11H13ClN4O2/c12-9-5-4-8(15-16-9)11(18)14-7-3-1-2-6-13-10(7)17/h4-5,7H,1-3,6H2,(H,13,17)(H,14,18). The van der Waals surface area contributed by atoms with Crippen molar-refractivity contribution >= 4 is 23.4 Å². The maximum atomic E-state index is 11.8. The smallest absolute Gasteiger partial charge is 0.272 e. The molecule has 1 fully saturated rings. The average Bonchev–Trinajstić information content (AvgIpc) is 2.56. The van der Waals surface area contributed by atoms with Gasteiger partial charge in [0.15, 0.2) is 10.8 Å². The Hall–Kier alpha value is -1.69. The molecule has 0 bridgehead atoms. The van der Waals surface area contributed by atoms with E-state index in [-0.39, 0.29) is 16.8 Å². The van der Waals surface area contributed by atoms with E-state index in [0.29, 0.717) is 13.0 Å². The first-order chi connectivity index (χ1) is 8.66. The topological polar surface area (TPSA) is 84.0 Å². The van der Waals surface area contributed by atoms with Crippen molar-refractivity contribution in [2.24, 2.45) is 0 Å². The Bertz CT molecular complexity index is 449. The number of rotatable bonds is 2. The molecule has 0 spiro atoms. The predicted molar refractivity (Wildman–Crippen MR) is 65.2 cm³/mol. The summed E-state index contributed by atoms with van der Waals surface area (Å²) in [5, 5.41) is 12.9. The van der Waals surface area contributed by atoms with Crippen molar-refractivity contribution < 1.29 is 9.59 Å². The van der Waals surface area contributed by atoms with Crippen LogP contribution in [0.4, 0.5) is 0 Å². The van der Waals surface area contributed by atoms with Gasteiger partial charge in [0, 0.05) is 6.54 Å². The Balaban J connectivity index is 2.01. The largest absolute Gasteiger partial charge is 0.354 e. The summed E-state index contributed by atoms with van der Waals surface area (Å²) in [4.78, 5) is 23.5. The highest BCUT2D eigenvalue weighted by molar-refractivity contribution is 6.29. The van der Waals surface area contributed by atoms with Gasteiger partial charge in [0.1, 0.15) is 6.04 Å². The molecule has 1 aromatic heterocycles. The average molecular weight is 269 g/mol. The maximum Gasteiger partial charge on any atom is 0.272 e. The first-order valence-electron chi connectivity index (χ1n) is 5.74. The molecule has 2 rings (SSSR count). The van der Waals surface area contributed by atoms with E-state index in [0.717, 1.165) is 12.8 Å². The molecule has 7 heteroatoms. The van der Waals surface area contributed by atoms with Crippen molar-refractivity contribution in [1.82, 2.24) is 20.8 Å². The SMILES string of the molecule is O=C(NC1CCCCNC1=O)c1ccc(Cl)nn1. The number of hydrogen-bond acceptors (Lipinski definition) is 4. The van der Waals surface area contributed by atoms with Crippen LogP contribution in [0.2, 0.25) is 5.15 Å². The molecular weight excluding hydrogens is 256 g/mol. The Morgan fingerprint density at radius 1 is 1.39 bits per heavy atom. The van der Waals surface area contributed by atoms with Gasteiger partial charge in [-0.05, 0) is 31.4 Å². The zero-order valence-corrected chi connectivity index (χ0v) is 10.4. The normalized spacial score (nSPS) is 19.8. The van der Waals surface area contributed by atoms with Gasteiger partial charge >= 0.3 is 0 Å². The van der Waals surface area contributed by atoms with E-state index in [9.17, 15) is 9.59 Å². The monoisotopic (exact) mass is 268 g/mol. The summed E-state index contributed by atoms with van der Waals surface area (Å²) in [7, 11) is 0. The second-order valence-corrected chi connectivity index (χ2v) is 4.44. The van der Waals surface area contributed by atoms with E-state index in [1.807, 2.05) is 0 Å². The van der Waals surface area contributed by atoms with Crippen LogP contribution in [0.3, 0.4) is 0 Å². The van der Waals surface area contributed by atoms with Gasteiger partial charge in [-0.25, -0.2) is 0 Å². The van der Waals surface area contributed by atoms with E-state index in [4.69, 9.17) is 11.6 Å². The summed E-state index contributed by atoms with van der Waals surface area (Å²) < 4.78 is 0. The molecular formula is C11H13ClN4O2. The highest BCUT2D eigenvalue weighted by Crippen LogP contribution is 2.07. The van der Waals surface area contributed by atoms with Crippen molar-refractivity contribution in [2.45, 2.75) is 25.3 Å². The number of hydrogen-bond donors (Lipinski definition) is 2. The van der Waals surface area contributed by atoms with Crippen LogP contribution in [0.25, 0.3) is 0 Å². The molecule has 2 amide bonds. The van der Waals surface area contributed by atoms with Gasteiger partial charge in [0.05, 0.1) is 0 Å². The zero-order valence-electron chi connectivity index (χ0n) is 9.65. The third kappa shape index (κ3) is 3.16. The van der Waals surface area contributed by atoms with Gasteiger partial charge in [-0.1, -0.05) is 11.6 Å². The van der Waals surface area contributed by atoms with Crippen molar-refractivity contribution in [3.8, 4) is 0 Å². The molecule has 18 heavy (non-hydrogen) atoms. The quantitative estimate of drug-likeness (QED) is 0.819. The number of halogens is 1. The Morgan fingerprint density at radius 3 is 2.94 bits per heavy atom.